The monoisotopic (exact) mass is 200 g/mol. The van der Waals surface area contributed by atoms with Gasteiger partial charge in [0.15, 0.2) is 0 Å². The predicted octanol–water partition coefficient (Wildman–Crippen LogP) is 0.267. The van der Waals surface area contributed by atoms with E-state index in [1.165, 1.54) is 0 Å². The van der Waals surface area contributed by atoms with Crippen LogP contribution in [0.25, 0.3) is 0 Å². The Morgan fingerprint density at radius 3 is 3.07 bits per heavy atom. The minimum atomic E-state index is 0.106. The third-order valence-corrected chi connectivity index (χ3v) is 2.44. The number of ether oxygens (including phenoxy) is 1. The van der Waals surface area contributed by atoms with Gasteiger partial charge in [0.05, 0.1) is 6.61 Å². The van der Waals surface area contributed by atoms with Crippen molar-refractivity contribution in [3.63, 3.8) is 0 Å². The minimum absolute atomic E-state index is 0.106. The molecule has 2 unspecified atom stereocenters. The zero-order chi connectivity index (χ0) is 10.4. The maximum atomic E-state index is 11.3. The molecule has 1 amide bonds. The first kappa shape index (κ1) is 11.5. The Bertz CT molecular complexity index is 177. The Balaban J connectivity index is 2.02. The molecule has 14 heavy (non-hydrogen) atoms. The van der Waals surface area contributed by atoms with Gasteiger partial charge in [0.25, 0.3) is 0 Å². The lowest BCUT2D eigenvalue weighted by Gasteiger charge is -2.10. The molecule has 0 radical (unpaired) electrons. The highest BCUT2D eigenvalue weighted by molar-refractivity contribution is 5.75. The number of carbonyl (C=O) groups excluding carboxylic acids is 1. The molecule has 4 nitrogen and oxygen atoms in total. The number of nitrogens with two attached hydrogens (primary N) is 1. The summed E-state index contributed by atoms with van der Waals surface area (Å²) < 4.78 is 5.22. The lowest BCUT2D eigenvalue weighted by Crippen LogP contribution is -2.30. The molecule has 1 fully saturated rings. The van der Waals surface area contributed by atoms with Gasteiger partial charge in [-0.2, -0.15) is 0 Å². The van der Waals surface area contributed by atoms with Crippen molar-refractivity contribution in [2.45, 2.75) is 32.2 Å². The number of rotatable bonds is 5. The van der Waals surface area contributed by atoms with Crippen molar-refractivity contribution in [2.75, 3.05) is 19.8 Å². The van der Waals surface area contributed by atoms with Gasteiger partial charge in [0, 0.05) is 31.5 Å². The highest BCUT2D eigenvalue weighted by atomic mass is 16.5. The fraction of sp³-hybridized carbons (Fsp3) is 0.900. The average Bonchev–Trinajstić information content (AvgIpc) is 2.63. The molecule has 0 aromatic carbocycles. The van der Waals surface area contributed by atoms with Gasteiger partial charge >= 0.3 is 0 Å². The summed E-state index contributed by atoms with van der Waals surface area (Å²) in [6.45, 7) is 4.28. The number of hydrogen-bond donors (Lipinski definition) is 2. The van der Waals surface area contributed by atoms with Crippen LogP contribution in [0.3, 0.4) is 0 Å². The van der Waals surface area contributed by atoms with Crippen LogP contribution in [0.15, 0.2) is 0 Å². The summed E-state index contributed by atoms with van der Waals surface area (Å²) in [7, 11) is 0. The zero-order valence-electron chi connectivity index (χ0n) is 8.79. The summed E-state index contributed by atoms with van der Waals surface area (Å²) in [5.41, 5.74) is 5.56. The third kappa shape index (κ3) is 4.58. The van der Waals surface area contributed by atoms with Gasteiger partial charge in [-0.1, -0.05) is 0 Å². The summed E-state index contributed by atoms with van der Waals surface area (Å²) in [6, 6.07) is 0.107. The normalized spacial score (nSPS) is 23.4. The van der Waals surface area contributed by atoms with Gasteiger partial charge < -0.3 is 15.8 Å². The lowest BCUT2D eigenvalue weighted by molar-refractivity contribution is -0.121. The van der Waals surface area contributed by atoms with Gasteiger partial charge in [-0.05, 0) is 19.8 Å². The molecular weight excluding hydrogens is 180 g/mol. The predicted molar refractivity (Wildman–Crippen MR) is 54.8 cm³/mol. The largest absolute Gasteiger partial charge is 0.381 e. The molecule has 2 atom stereocenters. The molecule has 1 heterocycles. The topological polar surface area (TPSA) is 64.4 Å². The van der Waals surface area contributed by atoms with Crippen LogP contribution >= 0.6 is 0 Å². The summed E-state index contributed by atoms with van der Waals surface area (Å²) in [5, 5.41) is 2.91. The first-order valence-electron chi connectivity index (χ1n) is 5.28. The lowest BCUT2D eigenvalue weighted by atomic mass is 10.1. The number of carbonyl (C=O) groups is 1. The molecule has 82 valence electrons. The van der Waals surface area contributed by atoms with Gasteiger partial charge in [-0.25, -0.2) is 0 Å². The number of amides is 1. The molecule has 1 aliphatic rings. The van der Waals surface area contributed by atoms with Crippen molar-refractivity contribution < 1.29 is 9.53 Å². The molecule has 4 heteroatoms. The Morgan fingerprint density at radius 1 is 1.71 bits per heavy atom. The van der Waals surface area contributed by atoms with Crippen LogP contribution in [0.1, 0.15) is 26.2 Å². The summed E-state index contributed by atoms with van der Waals surface area (Å²) >= 11 is 0. The van der Waals surface area contributed by atoms with Crippen LogP contribution in [0.2, 0.25) is 0 Å². The maximum Gasteiger partial charge on any atom is 0.220 e. The Kier molecular flexibility index (Phi) is 4.90. The first-order chi connectivity index (χ1) is 6.68. The van der Waals surface area contributed by atoms with Crippen molar-refractivity contribution >= 4 is 5.91 Å². The molecule has 0 aliphatic carbocycles. The van der Waals surface area contributed by atoms with E-state index < -0.39 is 0 Å². The van der Waals surface area contributed by atoms with E-state index in [2.05, 4.69) is 5.32 Å². The van der Waals surface area contributed by atoms with Crippen molar-refractivity contribution in [1.82, 2.24) is 5.32 Å². The van der Waals surface area contributed by atoms with E-state index in [1.807, 2.05) is 6.92 Å². The molecule has 1 rings (SSSR count). The second kappa shape index (κ2) is 5.98. The Hall–Kier alpha value is -0.610. The Morgan fingerprint density at radius 2 is 2.50 bits per heavy atom. The molecule has 0 aromatic rings. The molecule has 0 aromatic heterocycles. The fourth-order valence-electron chi connectivity index (χ4n) is 1.45. The average molecular weight is 200 g/mol. The highest BCUT2D eigenvalue weighted by Gasteiger charge is 2.16. The van der Waals surface area contributed by atoms with Crippen LogP contribution in [0, 0.1) is 5.92 Å². The minimum Gasteiger partial charge on any atom is -0.381 e. The van der Waals surface area contributed by atoms with Gasteiger partial charge in [-0.3, -0.25) is 4.79 Å². The van der Waals surface area contributed by atoms with Crippen LogP contribution in [-0.2, 0) is 9.53 Å². The van der Waals surface area contributed by atoms with Crippen molar-refractivity contribution in [2.24, 2.45) is 11.7 Å². The van der Waals surface area contributed by atoms with Gasteiger partial charge in [-0.15, -0.1) is 0 Å². The van der Waals surface area contributed by atoms with Crippen molar-refractivity contribution in [1.29, 1.82) is 0 Å². The van der Waals surface area contributed by atoms with E-state index >= 15 is 0 Å². The smallest absolute Gasteiger partial charge is 0.220 e. The van der Waals surface area contributed by atoms with Gasteiger partial charge in [0.1, 0.15) is 0 Å². The summed E-state index contributed by atoms with van der Waals surface area (Å²) in [6.07, 6.45) is 2.35. The Labute approximate surface area is 85.2 Å². The summed E-state index contributed by atoms with van der Waals surface area (Å²) in [5.74, 6) is 0.614. The quantitative estimate of drug-likeness (QED) is 0.669. The van der Waals surface area contributed by atoms with Crippen molar-refractivity contribution in [3.8, 4) is 0 Å². The van der Waals surface area contributed by atoms with Crippen LogP contribution in [0.5, 0.6) is 0 Å². The second-order valence-electron chi connectivity index (χ2n) is 4.05. The molecule has 0 saturated carbocycles. The van der Waals surface area contributed by atoms with E-state index in [4.69, 9.17) is 10.5 Å². The molecule has 1 aliphatic heterocycles. The van der Waals surface area contributed by atoms with Gasteiger partial charge in [0.2, 0.25) is 5.91 Å². The third-order valence-electron chi connectivity index (χ3n) is 2.44. The summed E-state index contributed by atoms with van der Waals surface area (Å²) in [4.78, 5) is 11.3. The molecular formula is C10H20N2O2. The van der Waals surface area contributed by atoms with E-state index in [0.717, 1.165) is 32.6 Å². The van der Waals surface area contributed by atoms with Crippen LogP contribution in [0.4, 0.5) is 0 Å². The second-order valence-corrected chi connectivity index (χ2v) is 4.05. The highest BCUT2D eigenvalue weighted by Crippen LogP contribution is 2.10. The van der Waals surface area contributed by atoms with E-state index in [0.29, 0.717) is 12.3 Å². The molecule has 0 spiro atoms. The molecule has 3 N–H and O–H groups in total. The van der Waals surface area contributed by atoms with Crippen LogP contribution in [-0.4, -0.2) is 31.7 Å². The number of nitrogens with one attached hydrogen (secondary N) is 1. The van der Waals surface area contributed by atoms with E-state index in [-0.39, 0.29) is 11.9 Å². The fourth-order valence-corrected chi connectivity index (χ4v) is 1.45. The van der Waals surface area contributed by atoms with Crippen LogP contribution < -0.4 is 11.1 Å². The van der Waals surface area contributed by atoms with Crippen molar-refractivity contribution in [3.05, 3.63) is 0 Å². The number of hydrogen-bond acceptors (Lipinski definition) is 3. The zero-order valence-corrected chi connectivity index (χ0v) is 8.79. The molecule has 0 bridgehead atoms. The first-order valence-corrected chi connectivity index (χ1v) is 5.28. The van der Waals surface area contributed by atoms with E-state index in [1.54, 1.807) is 0 Å². The van der Waals surface area contributed by atoms with E-state index in [9.17, 15) is 4.79 Å². The maximum absolute atomic E-state index is 11.3. The standard InChI is InChI=1S/C10H20N2O2/c1-8(11)2-3-10(13)12-6-9-4-5-14-7-9/h8-9H,2-7,11H2,1H3,(H,12,13). The SMILES string of the molecule is CC(N)CCC(=O)NCC1CCOC1. The molecule has 1 saturated heterocycles.